The maximum atomic E-state index is 11.4. The summed E-state index contributed by atoms with van der Waals surface area (Å²) in [5.41, 5.74) is 0.847. The lowest BCUT2D eigenvalue weighted by Crippen LogP contribution is -2.31. The Morgan fingerprint density at radius 1 is 1.40 bits per heavy atom. The molecule has 0 aliphatic heterocycles. The number of rotatable bonds is 3. The summed E-state index contributed by atoms with van der Waals surface area (Å²) in [7, 11) is 0. The minimum Gasteiger partial charge on any atom is -0.338 e. The van der Waals surface area contributed by atoms with Gasteiger partial charge in [-0.25, -0.2) is 4.79 Å². The van der Waals surface area contributed by atoms with Crippen molar-refractivity contribution in [3.63, 3.8) is 0 Å². The molecule has 15 heavy (non-hydrogen) atoms. The van der Waals surface area contributed by atoms with Gasteiger partial charge >= 0.3 is 6.03 Å². The van der Waals surface area contributed by atoms with E-state index in [1.165, 1.54) is 0 Å². The summed E-state index contributed by atoms with van der Waals surface area (Å²) in [6.45, 7) is 4.81. The molecule has 0 fully saturated rings. The topological polar surface area (TPSA) is 41.1 Å². The van der Waals surface area contributed by atoms with Gasteiger partial charge in [-0.2, -0.15) is 0 Å². The summed E-state index contributed by atoms with van der Waals surface area (Å²) in [5.74, 6) is 0.464. The first kappa shape index (κ1) is 12.3. The van der Waals surface area contributed by atoms with Crippen molar-refractivity contribution in [3.05, 3.63) is 27.8 Å². The average molecular weight is 318 g/mol. The van der Waals surface area contributed by atoms with Crippen molar-refractivity contribution in [2.45, 2.75) is 13.8 Å². The van der Waals surface area contributed by atoms with Crippen LogP contribution in [0.5, 0.6) is 0 Å². The fraction of sp³-hybridized carbons (Fsp3) is 0.364. The van der Waals surface area contributed by atoms with E-state index < -0.39 is 0 Å². The van der Waals surface area contributed by atoms with Crippen molar-refractivity contribution in [3.8, 4) is 0 Å². The summed E-state index contributed by atoms with van der Waals surface area (Å²) in [4.78, 5) is 11.4. The van der Waals surface area contributed by atoms with Crippen LogP contribution in [0.1, 0.15) is 13.8 Å². The normalized spacial score (nSPS) is 10.1. The van der Waals surface area contributed by atoms with E-state index in [2.05, 4.69) is 47.1 Å². The Morgan fingerprint density at radius 3 is 2.67 bits per heavy atom. The molecule has 0 aliphatic rings. The molecule has 3 nitrogen and oxygen atoms in total. The predicted octanol–water partition coefficient (Wildman–Crippen LogP) is 3.07. The van der Waals surface area contributed by atoms with Crippen LogP contribution < -0.4 is 10.6 Å². The van der Waals surface area contributed by atoms with Gasteiger partial charge in [-0.1, -0.05) is 26.0 Å². The summed E-state index contributed by atoms with van der Waals surface area (Å²) >= 11 is 2.19. The highest BCUT2D eigenvalue weighted by Crippen LogP contribution is 2.16. The molecule has 0 radical (unpaired) electrons. The zero-order valence-electron chi connectivity index (χ0n) is 8.88. The molecule has 0 unspecified atom stereocenters. The molecule has 0 spiro atoms. The van der Waals surface area contributed by atoms with Crippen molar-refractivity contribution in [1.29, 1.82) is 0 Å². The Labute approximate surface area is 104 Å². The lowest BCUT2D eigenvalue weighted by molar-refractivity contribution is 0.251. The van der Waals surface area contributed by atoms with Gasteiger partial charge in [0.1, 0.15) is 0 Å². The van der Waals surface area contributed by atoms with E-state index in [0.29, 0.717) is 12.5 Å². The molecule has 0 atom stereocenters. The standard InChI is InChI=1S/C11H15IN2O/c1-8(2)7-13-11(15)14-10-6-4-3-5-9(10)12/h3-6,8H,7H2,1-2H3,(H2,13,14,15). The SMILES string of the molecule is CC(C)CNC(=O)Nc1ccccc1I. The monoisotopic (exact) mass is 318 g/mol. The summed E-state index contributed by atoms with van der Waals surface area (Å²) in [6.07, 6.45) is 0. The van der Waals surface area contributed by atoms with Gasteiger partial charge in [0.15, 0.2) is 0 Å². The number of urea groups is 1. The first-order valence-corrected chi connectivity index (χ1v) is 5.97. The van der Waals surface area contributed by atoms with Gasteiger partial charge in [0, 0.05) is 10.1 Å². The van der Waals surface area contributed by atoms with Crippen molar-refractivity contribution in [1.82, 2.24) is 5.32 Å². The lowest BCUT2D eigenvalue weighted by Gasteiger charge is -2.10. The Hall–Kier alpha value is -0.780. The number of anilines is 1. The zero-order chi connectivity index (χ0) is 11.3. The average Bonchev–Trinajstić information content (AvgIpc) is 2.18. The minimum atomic E-state index is -0.146. The van der Waals surface area contributed by atoms with E-state index in [1.54, 1.807) is 0 Å². The molecule has 0 aromatic heterocycles. The summed E-state index contributed by atoms with van der Waals surface area (Å²) in [6, 6.07) is 7.54. The maximum absolute atomic E-state index is 11.4. The molecule has 2 amide bonds. The number of carbonyl (C=O) groups is 1. The third kappa shape index (κ3) is 4.51. The van der Waals surface area contributed by atoms with Crippen LogP contribution in [0.3, 0.4) is 0 Å². The molecular weight excluding hydrogens is 303 g/mol. The summed E-state index contributed by atoms with van der Waals surface area (Å²) in [5, 5.41) is 5.61. The van der Waals surface area contributed by atoms with Gasteiger partial charge in [0.2, 0.25) is 0 Å². The largest absolute Gasteiger partial charge is 0.338 e. The lowest BCUT2D eigenvalue weighted by atomic mass is 10.2. The maximum Gasteiger partial charge on any atom is 0.319 e. The molecule has 1 aromatic carbocycles. The fourth-order valence-electron chi connectivity index (χ4n) is 1.03. The van der Waals surface area contributed by atoms with Crippen molar-refractivity contribution in [2.24, 2.45) is 5.92 Å². The second-order valence-corrected chi connectivity index (χ2v) is 4.87. The number of benzene rings is 1. The van der Waals surface area contributed by atoms with Crippen molar-refractivity contribution >= 4 is 34.3 Å². The van der Waals surface area contributed by atoms with Crippen molar-refractivity contribution < 1.29 is 4.79 Å². The fourth-order valence-corrected chi connectivity index (χ4v) is 1.55. The van der Waals surface area contributed by atoms with Crippen LogP contribution in [0, 0.1) is 9.49 Å². The number of halogens is 1. The molecule has 82 valence electrons. The highest BCUT2D eigenvalue weighted by molar-refractivity contribution is 14.1. The number of para-hydroxylation sites is 1. The molecule has 0 saturated carbocycles. The van der Waals surface area contributed by atoms with Crippen LogP contribution in [0.15, 0.2) is 24.3 Å². The quantitative estimate of drug-likeness (QED) is 0.826. The van der Waals surface area contributed by atoms with Gasteiger partial charge in [-0.3, -0.25) is 0 Å². The van der Waals surface area contributed by atoms with Gasteiger partial charge in [0.25, 0.3) is 0 Å². The van der Waals surface area contributed by atoms with Crippen molar-refractivity contribution in [2.75, 3.05) is 11.9 Å². The number of hydrogen-bond acceptors (Lipinski definition) is 1. The predicted molar refractivity (Wildman–Crippen MR) is 71.0 cm³/mol. The number of nitrogens with one attached hydrogen (secondary N) is 2. The Balaban J connectivity index is 2.48. The molecule has 1 aromatic rings. The van der Waals surface area contributed by atoms with E-state index in [-0.39, 0.29) is 6.03 Å². The number of carbonyl (C=O) groups excluding carboxylic acids is 1. The first-order chi connectivity index (χ1) is 7.09. The van der Waals surface area contributed by atoms with Crippen LogP contribution in [0.2, 0.25) is 0 Å². The second kappa shape index (κ2) is 5.95. The highest BCUT2D eigenvalue weighted by Gasteiger charge is 2.04. The summed E-state index contributed by atoms with van der Waals surface area (Å²) < 4.78 is 1.04. The van der Waals surface area contributed by atoms with E-state index in [4.69, 9.17) is 0 Å². The van der Waals surface area contributed by atoms with Crippen LogP contribution >= 0.6 is 22.6 Å². The number of amides is 2. The van der Waals surface area contributed by atoms with Gasteiger partial charge in [-0.05, 0) is 40.6 Å². The third-order valence-electron chi connectivity index (χ3n) is 1.79. The Bertz CT molecular complexity index is 339. The molecule has 0 bridgehead atoms. The molecule has 2 N–H and O–H groups in total. The smallest absolute Gasteiger partial charge is 0.319 e. The van der Waals surface area contributed by atoms with Crippen LogP contribution in [-0.4, -0.2) is 12.6 Å². The van der Waals surface area contributed by atoms with E-state index in [9.17, 15) is 4.79 Å². The molecule has 0 aliphatic carbocycles. The minimum absolute atomic E-state index is 0.146. The third-order valence-corrected chi connectivity index (χ3v) is 2.73. The molecular formula is C11H15IN2O. The Kier molecular flexibility index (Phi) is 4.87. The first-order valence-electron chi connectivity index (χ1n) is 4.89. The number of hydrogen-bond donors (Lipinski definition) is 2. The highest BCUT2D eigenvalue weighted by atomic mass is 127. The molecule has 1 rings (SSSR count). The van der Waals surface area contributed by atoms with E-state index in [0.717, 1.165) is 9.26 Å². The van der Waals surface area contributed by atoms with E-state index in [1.807, 2.05) is 24.3 Å². The molecule has 0 saturated heterocycles. The van der Waals surface area contributed by atoms with Crippen LogP contribution in [0.25, 0.3) is 0 Å². The van der Waals surface area contributed by atoms with Gasteiger partial charge < -0.3 is 10.6 Å². The Morgan fingerprint density at radius 2 is 2.07 bits per heavy atom. The van der Waals surface area contributed by atoms with Gasteiger partial charge in [0.05, 0.1) is 5.69 Å². The van der Waals surface area contributed by atoms with Crippen LogP contribution in [0.4, 0.5) is 10.5 Å². The molecule has 0 heterocycles. The zero-order valence-corrected chi connectivity index (χ0v) is 11.0. The second-order valence-electron chi connectivity index (χ2n) is 3.71. The molecule has 4 heteroatoms. The van der Waals surface area contributed by atoms with Crippen LogP contribution in [-0.2, 0) is 0 Å². The van der Waals surface area contributed by atoms with Gasteiger partial charge in [-0.15, -0.1) is 0 Å². The van der Waals surface area contributed by atoms with E-state index >= 15 is 0 Å².